The molecular weight excluding hydrogens is 300 g/mol. The Bertz CT molecular complexity index is 835. The third-order valence-electron chi connectivity index (χ3n) is 3.23. The number of nitrogens with zero attached hydrogens (tertiary/aromatic N) is 1. The number of para-hydroxylation sites is 2. The van der Waals surface area contributed by atoms with Gasteiger partial charge in [-0.25, -0.2) is 4.98 Å². The molecule has 1 aromatic heterocycles. The minimum atomic E-state index is 0.280. The third-order valence-corrected chi connectivity index (χ3v) is 3.64. The average molecular weight is 313 g/mol. The number of oxazole rings is 1. The van der Waals surface area contributed by atoms with Crippen molar-refractivity contribution in [2.75, 3.05) is 5.32 Å². The molecule has 5 heteroatoms. The quantitative estimate of drug-likeness (QED) is 0.571. The lowest BCUT2D eigenvalue weighted by atomic mass is 10.2. The number of aromatic nitrogens is 1. The summed E-state index contributed by atoms with van der Waals surface area (Å²) in [6, 6.07) is 12.9. The maximum atomic E-state index is 11.3. The normalized spacial score (nSPS) is 11.6. The Morgan fingerprint density at radius 3 is 2.82 bits per heavy atom. The summed E-state index contributed by atoms with van der Waals surface area (Å²) < 4.78 is 5.58. The van der Waals surface area contributed by atoms with E-state index in [4.69, 9.17) is 16.0 Å². The minimum Gasteiger partial charge on any atom is -0.436 e. The van der Waals surface area contributed by atoms with Crippen molar-refractivity contribution in [2.24, 2.45) is 0 Å². The second-order valence-corrected chi connectivity index (χ2v) is 5.22. The van der Waals surface area contributed by atoms with Crippen LogP contribution in [0.25, 0.3) is 16.7 Å². The van der Waals surface area contributed by atoms with Gasteiger partial charge in [-0.3, -0.25) is 4.79 Å². The summed E-state index contributed by atoms with van der Waals surface area (Å²) in [5.74, 6) is 0.280. The molecule has 0 saturated carbocycles. The van der Waals surface area contributed by atoms with Crippen LogP contribution in [0.4, 0.5) is 5.69 Å². The molecule has 110 valence electrons. The van der Waals surface area contributed by atoms with Crippen LogP contribution < -0.4 is 5.32 Å². The monoisotopic (exact) mass is 312 g/mol. The van der Waals surface area contributed by atoms with Gasteiger partial charge >= 0.3 is 0 Å². The van der Waals surface area contributed by atoms with Gasteiger partial charge in [0.15, 0.2) is 11.9 Å². The van der Waals surface area contributed by atoms with Crippen LogP contribution in [0.5, 0.6) is 0 Å². The summed E-state index contributed by atoms with van der Waals surface area (Å²) in [6.07, 6.45) is 2.26. The molecule has 0 unspecified atom stereocenters. The van der Waals surface area contributed by atoms with Crippen molar-refractivity contribution in [1.29, 1.82) is 0 Å². The van der Waals surface area contributed by atoms with Gasteiger partial charge in [0.05, 0.1) is 5.57 Å². The highest BCUT2D eigenvalue weighted by molar-refractivity contribution is 6.31. The van der Waals surface area contributed by atoms with E-state index in [1.54, 1.807) is 18.3 Å². The summed E-state index contributed by atoms with van der Waals surface area (Å²) >= 11 is 6.07. The molecule has 0 aliphatic heterocycles. The molecule has 4 nitrogen and oxygen atoms in total. The van der Waals surface area contributed by atoms with Crippen molar-refractivity contribution >= 4 is 40.2 Å². The summed E-state index contributed by atoms with van der Waals surface area (Å²) in [6.45, 7) is 1.93. The highest BCUT2D eigenvalue weighted by Crippen LogP contribution is 2.22. The van der Waals surface area contributed by atoms with Crippen LogP contribution >= 0.6 is 11.6 Å². The number of aryl methyl sites for hydroxylation is 1. The van der Waals surface area contributed by atoms with Crippen molar-refractivity contribution in [2.45, 2.75) is 6.92 Å². The molecule has 0 radical (unpaired) electrons. The van der Waals surface area contributed by atoms with E-state index in [0.29, 0.717) is 28.0 Å². The van der Waals surface area contributed by atoms with Crippen molar-refractivity contribution < 1.29 is 9.21 Å². The first-order valence-electron chi connectivity index (χ1n) is 6.71. The Morgan fingerprint density at radius 1 is 1.27 bits per heavy atom. The maximum absolute atomic E-state index is 11.3. The molecule has 0 fully saturated rings. The van der Waals surface area contributed by atoms with Crippen LogP contribution in [-0.2, 0) is 4.79 Å². The first-order chi connectivity index (χ1) is 10.7. The Hall–Kier alpha value is -2.59. The summed E-state index contributed by atoms with van der Waals surface area (Å²) in [4.78, 5) is 15.6. The summed E-state index contributed by atoms with van der Waals surface area (Å²) in [7, 11) is 0. The largest absolute Gasteiger partial charge is 0.436 e. The van der Waals surface area contributed by atoms with E-state index in [9.17, 15) is 4.79 Å². The molecule has 2 aromatic carbocycles. The number of rotatable bonds is 4. The molecule has 0 aliphatic carbocycles. The fraction of sp³-hybridized carbons (Fsp3) is 0.0588. The Kier molecular flexibility index (Phi) is 3.94. The van der Waals surface area contributed by atoms with Crippen molar-refractivity contribution in [3.05, 3.63) is 65.1 Å². The van der Waals surface area contributed by atoms with Crippen LogP contribution in [0, 0.1) is 6.92 Å². The van der Waals surface area contributed by atoms with Crippen LogP contribution in [-0.4, -0.2) is 11.3 Å². The maximum Gasteiger partial charge on any atom is 0.232 e. The Morgan fingerprint density at radius 2 is 2.09 bits per heavy atom. The van der Waals surface area contributed by atoms with Crippen LogP contribution in [0.15, 0.2) is 53.1 Å². The average Bonchev–Trinajstić information content (AvgIpc) is 2.95. The smallest absolute Gasteiger partial charge is 0.232 e. The molecule has 0 saturated heterocycles. The molecule has 0 bridgehead atoms. The lowest BCUT2D eigenvalue weighted by Gasteiger charge is -2.04. The summed E-state index contributed by atoms with van der Waals surface area (Å²) in [5.41, 5.74) is 3.46. The predicted octanol–water partition coefficient (Wildman–Crippen LogP) is 4.44. The van der Waals surface area contributed by atoms with Gasteiger partial charge in [0.1, 0.15) is 5.52 Å². The lowest BCUT2D eigenvalue weighted by Crippen LogP contribution is -1.94. The van der Waals surface area contributed by atoms with E-state index in [1.165, 1.54) is 0 Å². The van der Waals surface area contributed by atoms with Gasteiger partial charge in [-0.2, -0.15) is 0 Å². The van der Waals surface area contributed by atoms with Crippen LogP contribution in [0.2, 0.25) is 5.02 Å². The number of carbonyl (C=O) groups excluding carboxylic acids is 1. The molecule has 0 amide bonds. The zero-order valence-corrected chi connectivity index (χ0v) is 12.6. The van der Waals surface area contributed by atoms with E-state index in [1.807, 2.05) is 37.3 Å². The predicted molar refractivity (Wildman–Crippen MR) is 87.9 cm³/mol. The molecule has 3 rings (SSSR count). The zero-order valence-electron chi connectivity index (χ0n) is 11.8. The second-order valence-electron chi connectivity index (χ2n) is 4.81. The Labute approximate surface area is 132 Å². The van der Waals surface area contributed by atoms with Gasteiger partial charge in [0, 0.05) is 16.9 Å². The number of benzene rings is 2. The molecule has 0 aliphatic rings. The molecule has 22 heavy (non-hydrogen) atoms. The van der Waals surface area contributed by atoms with Crippen molar-refractivity contribution in [1.82, 2.24) is 4.98 Å². The Balaban J connectivity index is 1.89. The standard InChI is InChI=1S/C17H13ClN2O2/c1-11-6-7-13(8-14(11)18)19-9-12(10-21)17-20-15-4-2-3-5-16(15)22-17/h2-10,19H,1H3/b12-9+. The minimum absolute atomic E-state index is 0.280. The van der Waals surface area contributed by atoms with E-state index < -0.39 is 0 Å². The highest BCUT2D eigenvalue weighted by atomic mass is 35.5. The number of hydrogen-bond acceptors (Lipinski definition) is 4. The first-order valence-corrected chi connectivity index (χ1v) is 7.09. The molecular formula is C17H13ClN2O2. The van der Waals surface area contributed by atoms with Gasteiger partial charge in [0.25, 0.3) is 0 Å². The van der Waals surface area contributed by atoms with Gasteiger partial charge < -0.3 is 9.73 Å². The molecule has 1 heterocycles. The number of fused-ring (bicyclic) bond motifs is 1. The van der Waals surface area contributed by atoms with Crippen LogP contribution in [0.3, 0.4) is 0 Å². The number of allylic oxidation sites excluding steroid dienone is 1. The highest BCUT2D eigenvalue weighted by Gasteiger charge is 2.09. The SMILES string of the molecule is Cc1ccc(N/C=C(\C=O)c2nc3ccccc3o2)cc1Cl. The van der Waals surface area contributed by atoms with E-state index in [2.05, 4.69) is 10.3 Å². The first kappa shape index (κ1) is 14.4. The zero-order chi connectivity index (χ0) is 15.5. The fourth-order valence-corrected chi connectivity index (χ4v) is 2.17. The van der Waals surface area contributed by atoms with Gasteiger partial charge in [0.2, 0.25) is 5.89 Å². The van der Waals surface area contributed by atoms with Gasteiger partial charge in [-0.1, -0.05) is 29.8 Å². The number of aldehydes is 1. The van der Waals surface area contributed by atoms with Crippen molar-refractivity contribution in [3.8, 4) is 0 Å². The molecule has 0 atom stereocenters. The van der Waals surface area contributed by atoms with Gasteiger partial charge in [-0.05, 0) is 36.8 Å². The number of carbonyl (C=O) groups is 1. The van der Waals surface area contributed by atoms with Gasteiger partial charge in [-0.15, -0.1) is 0 Å². The van der Waals surface area contributed by atoms with E-state index >= 15 is 0 Å². The molecule has 0 spiro atoms. The molecule has 3 aromatic rings. The van der Waals surface area contributed by atoms with E-state index in [0.717, 1.165) is 11.3 Å². The lowest BCUT2D eigenvalue weighted by molar-refractivity contribution is -0.103. The van der Waals surface area contributed by atoms with E-state index in [-0.39, 0.29) is 5.89 Å². The number of nitrogens with one attached hydrogen (secondary N) is 1. The number of hydrogen-bond donors (Lipinski definition) is 1. The molecule has 1 N–H and O–H groups in total. The summed E-state index contributed by atoms with van der Waals surface area (Å²) in [5, 5.41) is 3.69. The fourth-order valence-electron chi connectivity index (χ4n) is 1.99. The van der Waals surface area contributed by atoms with Crippen molar-refractivity contribution in [3.63, 3.8) is 0 Å². The van der Waals surface area contributed by atoms with Crippen LogP contribution in [0.1, 0.15) is 11.5 Å². The second kappa shape index (κ2) is 6.03. The number of anilines is 1. The topological polar surface area (TPSA) is 55.1 Å². The third kappa shape index (κ3) is 2.87. The number of halogens is 1.